The van der Waals surface area contributed by atoms with E-state index in [1.54, 1.807) is 36.2 Å². The zero-order valence-electron chi connectivity index (χ0n) is 17.0. The highest BCUT2D eigenvalue weighted by Gasteiger charge is 2.88. The van der Waals surface area contributed by atoms with Crippen molar-refractivity contribution in [3.05, 3.63) is 41.5 Å². The maximum absolute atomic E-state index is 13.7. The van der Waals surface area contributed by atoms with E-state index in [4.69, 9.17) is 18.9 Å². The number of carbonyl (C=O) groups excluding carboxylic acids is 4. The van der Waals surface area contributed by atoms with Crippen molar-refractivity contribution in [2.24, 2.45) is 5.41 Å². The minimum Gasteiger partial charge on any atom is -0.466 e. The fraction of sp³-hybridized carbons (Fsp3) is 0.429. The molecular weight excluding hydrogens is 394 g/mol. The Labute approximate surface area is 172 Å². The summed E-state index contributed by atoms with van der Waals surface area (Å²) in [6.07, 6.45) is 0.743. The van der Waals surface area contributed by atoms with Crippen molar-refractivity contribution < 1.29 is 38.1 Å². The highest BCUT2D eigenvalue weighted by molar-refractivity contribution is 6.27. The van der Waals surface area contributed by atoms with Crippen molar-refractivity contribution in [2.45, 2.75) is 24.2 Å². The van der Waals surface area contributed by atoms with Crippen LogP contribution in [0.1, 0.15) is 12.8 Å². The highest BCUT2D eigenvalue weighted by Crippen LogP contribution is 2.72. The van der Waals surface area contributed by atoms with Crippen LogP contribution in [0.15, 0.2) is 41.5 Å². The fourth-order valence-corrected chi connectivity index (χ4v) is 4.81. The van der Waals surface area contributed by atoms with E-state index in [9.17, 15) is 19.2 Å². The van der Waals surface area contributed by atoms with Crippen LogP contribution in [0.4, 0.5) is 5.69 Å². The van der Waals surface area contributed by atoms with E-state index >= 15 is 0 Å². The highest BCUT2D eigenvalue weighted by atomic mass is 16.6. The number of nitrogens with zero attached hydrogens (tertiary/aromatic N) is 1. The van der Waals surface area contributed by atoms with Gasteiger partial charge in [-0.3, -0.25) is 4.79 Å². The summed E-state index contributed by atoms with van der Waals surface area (Å²) >= 11 is 0. The Morgan fingerprint density at radius 1 is 0.933 bits per heavy atom. The fourth-order valence-electron chi connectivity index (χ4n) is 4.81. The van der Waals surface area contributed by atoms with E-state index in [0.29, 0.717) is 18.5 Å². The van der Waals surface area contributed by atoms with Gasteiger partial charge < -0.3 is 23.8 Å². The smallest absolute Gasteiger partial charge is 0.351 e. The van der Waals surface area contributed by atoms with Gasteiger partial charge in [0.2, 0.25) is 0 Å². The van der Waals surface area contributed by atoms with Crippen LogP contribution in [-0.2, 0) is 38.1 Å². The largest absolute Gasteiger partial charge is 0.466 e. The molecule has 9 nitrogen and oxygen atoms in total. The third-order valence-electron chi connectivity index (χ3n) is 6.26. The lowest BCUT2D eigenvalue weighted by molar-refractivity contribution is -0.169. The number of ketones is 1. The number of fused-ring (bicyclic) bond motifs is 3. The molecule has 0 N–H and O–H groups in total. The number of hydrogen-bond donors (Lipinski definition) is 0. The molecule has 3 aliphatic rings. The van der Waals surface area contributed by atoms with E-state index in [1.165, 1.54) is 0 Å². The molecule has 1 spiro atoms. The predicted molar refractivity (Wildman–Crippen MR) is 101 cm³/mol. The van der Waals surface area contributed by atoms with Crippen LogP contribution >= 0.6 is 0 Å². The molecule has 2 heterocycles. The molecule has 2 bridgehead atoms. The summed E-state index contributed by atoms with van der Waals surface area (Å²) < 4.78 is 20.9. The van der Waals surface area contributed by atoms with Crippen molar-refractivity contribution in [1.29, 1.82) is 0 Å². The van der Waals surface area contributed by atoms with Crippen LogP contribution in [0.25, 0.3) is 0 Å². The number of benzene rings is 1. The minimum absolute atomic E-state index is 0.217. The van der Waals surface area contributed by atoms with E-state index in [1.807, 2.05) is 6.07 Å². The maximum Gasteiger partial charge on any atom is 0.351 e. The van der Waals surface area contributed by atoms with Gasteiger partial charge in [-0.2, -0.15) is 0 Å². The number of carbonyl (C=O) groups is 4. The first-order valence-corrected chi connectivity index (χ1v) is 9.32. The normalized spacial score (nSPS) is 27.8. The average molecular weight is 415 g/mol. The molecule has 4 rings (SSSR count). The summed E-state index contributed by atoms with van der Waals surface area (Å²) in [7, 11) is 4.96. The second kappa shape index (κ2) is 6.40. The van der Waals surface area contributed by atoms with Crippen molar-refractivity contribution in [3.8, 4) is 0 Å². The van der Waals surface area contributed by atoms with Gasteiger partial charge in [-0.1, -0.05) is 18.2 Å². The molecule has 2 fully saturated rings. The van der Waals surface area contributed by atoms with E-state index in [-0.39, 0.29) is 5.57 Å². The van der Waals surface area contributed by atoms with Crippen LogP contribution in [0.5, 0.6) is 0 Å². The van der Waals surface area contributed by atoms with Crippen molar-refractivity contribution in [3.63, 3.8) is 0 Å². The standard InChI is InChI=1S/C21H21NO8/c1-22(12-8-6-5-7-9-12)21-14(16(24)28-3)13(15(23)27-2)20(30-21,18(26)29-4)17(25)19(21)10-11-19/h5-9H,10-11H2,1-4H3/t20-,21+/m1/s1. The second-order valence-corrected chi connectivity index (χ2v) is 7.46. The predicted octanol–water partition coefficient (Wildman–Crippen LogP) is 0.767. The number of esters is 3. The van der Waals surface area contributed by atoms with Gasteiger partial charge in [0.15, 0.2) is 11.5 Å². The van der Waals surface area contributed by atoms with E-state index < -0.39 is 46.0 Å². The number of likely N-dealkylation sites (N-methyl/N-ethyl adjacent to an activating group) is 1. The monoisotopic (exact) mass is 415 g/mol. The summed E-state index contributed by atoms with van der Waals surface area (Å²) in [5.41, 5.74) is -5.42. The van der Waals surface area contributed by atoms with Gasteiger partial charge >= 0.3 is 17.9 Å². The summed E-state index contributed by atoms with van der Waals surface area (Å²) in [6.45, 7) is 0. The van der Waals surface area contributed by atoms with Gasteiger partial charge in [-0.25, -0.2) is 14.4 Å². The molecule has 1 saturated heterocycles. The minimum atomic E-state index is -2.40. The van der Waals surface area contributed by atoms with Crippen molar-refractivity contribution in [1.82, 2.24) is 0 Å². The first-order valence-electron chi connectivity index (χ1n) is 9.32. The maximum atomic E-state index is 13.7. The van der Waals surface area contributed by atoms with Crippen molar-refractivity contribution >= 4 is 29.4 Å². The van der Waals surface area contributed by atoms with Gasteiger partial charge in [0.25, 0.3) is 5.60 Å². The zero-order valence-corrected chi connectivity index (χ0v) is 17.0. The van der Waals surface area contributed by atoms with E-state index in [0.717, 1.165) is 21.3 Å². The third kappa shape index (κ3) is 2.05. The molecule has 1 aromatic carbocycles. The Balaban J connectivity index is 2.09. The molecule has 158 valence electrons. The lowest BCUT2D eigenvalue weighted by Gasteiger charge is -2.42. The quantitative estimate of drug-likeness (QED) is 0.391. The number of methoxy groups -OCH3 is 3. The van der Waals surface area contributed by atoms with Crippen LogP contribution in [-0.4, -0.2) is 63.4 Å². The number of hydrogen-bond acceptors (Lipinski definition) is 9. The van der Waals surface area contributed by atoms with Crippen LogP contribution < -0.4 is 4.90 Å². The molecule has 1 aromatic rings. The number of ether oxygens (including phenoxy) is 4. The first kappa shape index (κ1) is 20.1. The van der Waals surface area contributed by atoms with Crippen LogP contribution in [0.3, 0.4) is 0 Å². The molecular formula is C21H21NO8. The van der Waals surface area contributed by atoms with Gasteiger partial charge in [0, 0.05) is 12.7 Å². The lowest BCUT2D eigenvalue weighted by Crippen LogP contribution is -2.58. The number of Topliss-reactive ketones (excluding diaryl/α,β-unsaturated/α-hetero) is 1. The SMILES string of the molecule is COC(=O)C1=C(C(=O)OC)[C@]2(N(C)c3ccccc3)O[C@@]1(C(=O)OC)C(=O)C21CC1. The molecule has 1 aliphatic carbocycles. The van der Waals surface area contributed by atoms with Gasteiger partial charge in [-0.15, -0.1) is 0 Å². The lowest BCUT2D eigenvalue weighted by atomic mass is 9.69. The van der Waals surface area contributed by atoms with Gasteiger partial charge in [-0.05, 0) is 25.0 Å². The van der Waals surface area contributed by atoms with Crippen LogP contribution in [0, 0.1) is 5.41 Å². The number of rotatable bonds is 5. The molecule has 0 amide bonds. The molecule has 9 heteroatoms. The zero-order chi connectivity index (χ0) is 21.9. The van der Waals surface area contributed by atoms with Crippen molar-refractivity contribution in [2.75, 3.05) is 33.3 Å². The Morgan fingerprint density at radius 3 is 2.00 bits per heavy atom. The summed E-state index contributed by atoms with van der Waals surface area (Å²) in [4.78, 5) is 54.0. The summed E-state index contributed by atoms with van der Waals surface area (Å²) in [5, 5.41) is 0. The Hall–Kier alpha value is -3.20. The Kier molecular flexibility index (Phi) is 4.28. The first-order chi connectivity index (χ1) is 14.3. The van der Waals surface area contributed by atoms with Crippen LogP contribution in [0.2, 0.25) is 0 Å². The molecule has 1 saturated carbocycles. The molecule has 2 atom stereocenters. The van der Waals surface area contributed by atoms with Gasteiger partial charge in [0.1, 0.15) is 11.1 Å². The molecule has 0 aromatic heterocycles. The Bertz CT molecular complexity index is 996. The number of para-hydroxylation sites is 1. The molecule has 2 aliphatic heterocycles. The summed E-state index contributed by atoms with van der Waals surface area (Å²) in [6, 6.07) is 8.91. The molecule has 30 heavy (non-hydrogen) atoms. The molecule has 0 radical (unpaired) electrons. The third-order valence-corrected chi connectivity index (χ3v) is 6.26. The van der Waals surface area contributed by atoms with Gasteiger partial charge in [0.05, 0.1) is 26.7 Å². The molecule has 0 unspecified atom stereocenters. The second-order valence-electron chi connectivity index (χ2n) is 7.46. The summed E-state index contributed by atoms with van der Waals surface area (Å²) in [5.74, 6) is -3.62. The topological polar surface area (TPSA) is 108 Å². The average Bonchev–Trinajstić information content (AvgIpc) is 3.48. The number of anilines is 1. The van der Waals surface area contributed by atoms with E-state index in [2.05, 4.69) is 0 Å². The Morgan fingerprint density at radius 2 is 1.50 bits per heavy atom.